The van der Waals surface area contributed by atoms with Crippen molar-refractivity contribution in [3.8, 4) is 0 Å². The maximum Gasteiger partial charge on any atom is 0.157 e. The van der Waals surface area contributed by atoms with Gasteiger partial charge in [-0.15, -0.1) is 0 Å². The lowest BCUT2D eigenvalue weighted by Gasteiger charge is -2.24. The van der Waals surface area contributed by atoms with Gasteiger partial charge in [-0.2, -0.15) is 0 Å². The number of hydrogen-bond donors (Lipinski definition) is 0. The van der Waals surface area contributed by atoms with Crippen LogP contribution in [0.25, 0.3) is 0 Å². The summed E-state index contributed by atoms with van der Waals surface area (Å²) in [5.41, 5.74) is 4.38. The van der Waals surface area contributed by atoms with E-state index >= 15 is 0 Å². The SMILES string of the molecule is COCc1ccc(CS(=O)(=O)C2CCc3ccccc3C2)cc1. The van der Waals surface area contributed by atoms with Crippen LogP contribution in [-0.4, -0.2) is 20.8 Å². The molecule has 1 atom stereocenters. The predicted molar refractivity (Wildman–Crippen MR) is 92.0 cm³/mol. The van der Waals surface area contributed by atoms with E-state index in [1.165, 1.54) is 11.1 Å². The van der Waals surface area contributed by atoms with Gasteiger partial charge in [-0.25, -0.2) is 8.42 Å². The number of rotatable bonds is 5. The third-order valence-corrected chi connectivity index (χ3v) is 6.67. The molecule has 0 aromatic heterocycles. The van der Waals surface area contributed by atoms with Crippen LogP contribution < -0.4 is 0 Å². The molecule has 0 spiro atoms. The van der Waals surface area contributed by atoms with E-state index in [1.807, 2.05) is 36.4 Å². The maximum absolute atomic E-state index is 12.8. The first-order chi connectivity index (χ1) is 11.1. The average Bonchev–Trinajstić information content (AvgIpc) is 2.56. The van der Waals surface area contributed by atoms with Gasteiger partial charge in [-0.3, -0.25) is 0 Å². The van der Waals surface area contributed by atoms with Crippen molar-refractivity contribution in [3.05, 3.63) is 70.8 Å². The number of hydrogen-bond acceptors (Lipinski definition) is 3. The summed E-state index contributed by atoms with van der Waals surface area (Å²) in [6, 6.07) is 15.8. The van der Waals surface area contributed by atoms with Gasteiger partial charge in [-0.1, -0.05) is 48.5 Å². The van der Waals surface area contributed by atoms with Gasteiger partial charge in [0.2, 0.25) is 0 Å². The molecule has 1 aliphatic carbocycles. The molecule has 4 heteroatoms. The second-order valence-electron chi connectivity index (χ2n) is 6.19. The summed E-state index contributed by atoms with van der Waals surface area (Å²) in [5.74, 6) is 0.118. The van der Waals surface area contributed by atoms with Crippen LogP contribution in [0, 0.1) is 0 Å². The Balaban J connectivity index is 1.72. The van der Waals surface area contributed by atoms with Crippen molar-refractivity contribution in [2.75, 3.05) is 7.11 Å². The molecule has 0 heterocycles. The van der Waals surface area contributed by atoms with E-state index in [2.05, 4.69) is 12.1 Å². The molecule has 3 rings (SSSR count). The maximum atomic E-state index is 12.8. The van der Waals surface area contributed by atoms with Crippen molar-refractivity contribution in [1.82, 2.24) is 0 Å². The molecule has 0 saturated heterocycles. The van der Waals surface area contributed by atoms with E-state index in [4.69, 9.17) is 4.74 Å². The summed E-state index contributed by atoms with van der Waals surface area (Å²) < 4.78 is 30.6. The zero-order valence-corrected chi connectivity index (χ0v) is 14.2. The molecule has 3 nitrogen and oxygen atoms in total. The molecule has 0 aliphatic heterocycles. The van der Waals surface area contributed by atoms with Gasteiger partial charge in [0.15, 0.2) is 9.84 Å². The highest BCUT2D eigenvalue weighted by molar-refractivity contribution is 7.91. The number of sulfone groups is 1. The van der Waals surface area contributed by atoms with Gasteiger partial charge < -0.3 is 4.74 Å². The van der Waals surface area contributed by atoms with E-state index in [0.717, 1.165) is 24.0 Å². The zero-order chi connectivity index (χ0) is 16.3. The zero-order valence-electron chi connectivity index (χ0n) is 13.4. The van der Waals surface area contributed by atoms with Gasteiger partial charge in [0.25, 0.3) is 0 Å². The van der Waals surface area contributed by atoms with Crippen LogP contribution in [-0.2, 0) is 39.8 Å². The molecule has 1 aliphatic rings. The minimum absolute atomic E-state index is 0.118. The Morgan fingerprint density at radius 1 is 1.00 bits per heavy atom. The number of fused-ring (bicyclic) bond motifs is 1. The van der Waals surface area contributed by atoms with Crippen LogP contribution in [0.15, 0.2) is 48.5 Å². The Morgan fingerprint density at radius 3 is 2.35 bits per heavy atom. The second-order valence-corrected chi connectivity index (χ2v) is 8.47. The van der Waals surface area contributed by atoms with Gasteiger partial charge in [-0.05, 0) is 41.5 Å². The van der Waals surface area contributed by atoms with Crippen molar-refractivity contribution in [2.45, 2.75) is 36.9 Å². The fraction of sp³-hybridized carbons (Fsp3) is 0.368. The summed E-state index contributed by atoms with van der Waals surface area (Å²) in [5, 5.41) is -0.268. The van der Waals surface area contributed by atoms with Crippen LogP contribution in [0.4, 0.5) is 0 Å². The monoisotopic (exact) mass is 330 g/mol. The Hall–Kier alpha value is -1.65. The predicted octanol–water partition coefficient (Wildman–Crippen LogP) is 3.31. The standard InChI is InChI=1S/C19H22O3S/c1-22-13-15-6-8-16(9-7-15)14-23(20,21)19-11-10-17-4-2-3-5-18(17)12-19/h2-9,19H,10-14H2,1H3. The fourth-order valence-corrected chi connectivity index (χ4v) is 5.02. The normalized spacial score (nSPS) is 17.7. The minimum atomic E-state index is -3.14. The van der Waals surface area contributed by atoms with Crippen LogP contribution in [0.2, 0.25) is 0 Å². The molecule has 0 saturated carbocycles. The highest BCUT2D eigenvalue weighted by Gasteiger charge is 2.29. The Kier molecular flexibility index (Phi) is 4.83. The molecule has 2 aromatic carbocycles. The van der Waals surface area contributed by atoms with Crippen LogP contribution in [0.5, 0.6) is 0 Å². The number of ether oxygens (including phenoxy) is 1. The van der Waals surface area contributed by atoms with Gasteiger partial charge >= 0.3 is 0 Å². The van der Waals surface area contributed by atoms with Gasteiger partial charge in [0.1, 0.15) is 0 Å². The van der Waals surface area contributed by atoms with Gasteiger partial charge in [0, 0.05) is 7.11 Å². The molecule has 2 aromatic rings. The molecule has 0 fully saturated rings. The third kappa shape index (κ3) is 3.82. The van der Waals surface area contributed by atoms with Crippen molar-refractivity contribution < 1.29 is 13.2 Å². The highest BCUT2D eigenvalue weighted by atomic mass is 32.2. The summed E-state index contributed by atoms with van der Waals surface area (Å²) in [6.07, 6.45) is 2.22. The topological polar surface area (TPSA) is 43.4 Å². The van der Waals surface area contributed by atoms with E-state index in [9.17, 15) is 8.42 Å². The lowest BCUT2D eigenvalue weighted by Crippen LogP contribution is -2.29. The molecule has 0 amide bonds. The van der Waals surface area contributed by atoms with Crippen molar-refractivity contribution in [1.29, 1.82) is 0 Å². The number of benzene rings is 2. The minimum Gasteiger partial charge on any atom is -0.380 e. The van der Waals surface area contributed by atoms with Crippen molar-refractivity contribution >= 4 is 9.84 Å². The molecule has 122 valence electrons. The van der Waals surface area contributed by atoms with Crippen LogP contribution >= 0.6 is 0 Å². The first kappa shape index (κ1) is 16.2. The molecular formula is C19H22O3S. The Morgan fingerprint density at radius 2 is 1.65 bits per heavy atom. The first-order valence-corrected chi connectivity index (χ1v) is 9.65. The van der Waals surface area contributed by atoms with E-state index < -0.39 is 9.84 Å². The molecule has 23 heavy (non-hydrogen) atoms. The van der Waals surface area contributed by atoms with Crippen LogP contribution in [0.3, 0.4) is 0 Å². The van der Waals surface area contributed by atoms with E-state index in [-0.39, 0.29) is 11.0 Å². The summed E-state index contributed by atoms with van der Waals surface area (Å²) in [6.45, 7) is 0.548. The highest BCUT2D eigenvalue weighted by Crippen LogP contribution is 2.27. The molecule has 0 bridgehead atoms. The largest absolute Gasteiger partial charge is 0.380 e. The Labute approximate surface area is 138 Å². The second kappa shape index (κ2) is 6.85. The number of aryl methyl sites for hydroxylation is 1. The third-order valence-electron chi connectivity index (χ3n) is 4.51. The number of methoxy groups -OCH3 is 1. The summed E-state index contributed by atoms with van der Waals surface area (Å²) >= 11 is 0. The Bertz CT molecular complexity index is 763. The smallest absolute Gasteiger partial charge is 0.157 e. The first-order valence-electron chi connectivity index (χ1n) is 7.93. The lowest BCUT2D eigenvalue weighted by molar-refractivity contribution is 0.185. The summed E-state index contributed by atoms with van der Waals surface area (Å²) in [4.78, 5) is 0. The van der Waals surface area contributed by atoms with Crippen molar-refractivity contribution in [2.24, 2.45) is 0 Å². The van der Waals surface area contributed by atoms with E-state index in [1.54, 1.807) is 7.11 Å². The lowest BCUT2D eigenvalue weighted by atomic mass is 9.92. The average molecular weight is 330 g/mol. The molecule has 0 N–H and O–H groups in total. The van der Waals surface area contributed by atoms with Crippen LogP contribution in [0.1, 0.15) is 28.7 Å². The van der Waals surface area contributed by atoms with E-state index in [0.29, 0.717) is 13.0 Å². The quantitative estimate of drug-likeness (QED) is 0.845. The molecular weight excluding hydrogens is 308 g/mol. The van der Waals surface area contributed by atoms with Crippen molar-refractivity contribution in [3.63, 3.8) is 0 Å². The summed E-state index contributed by atoms with van der Waals surface area (Å²) in [7, 11) is -1.48. The molecule has 1 unspecified atom stereocenters. The van der Waals surface area contributed by atoms with Gasteiger partial charge in [0.05, 0.1) is 17.6 Å². The fourth-order valence-electron chi connectivity index (χ4n) is 3.22. The molecule has 0 radical (unpaired) electrons.